The molecule has 3 heterocycles. The minimum Gasteiger partial charge on any atom is -0.469 e. The van der Waals surface area contributed by atoms with Crippen LogP contribution < -0.4 is 10.7 Å². The fourth-order valence-corrected chi connectivity index (χ4v) is 6.16. The van der Waals surface area contributed by atoms with Crippen molar-refractivity contribution in [3.8, 4) is 5.69 Å². The van der Waals surface area contributed by atoms with Crippen molar-refractivity contribution in [2.24, 2.45) is 0 Å². The van der Waals surface area contributed by atoms with Gasteiger partial charge in [-0.15, -0.1) is 11.8 Å². The number of nitrogens with one attached hydrogen (secondary N) is 1. The monoisotopic (exact) mass is 488 g/mol. The van der Waals surface area contributed by atoms with Crippen LogP contribution in [0.3, 0.4) is 0 Å². The van der Waals surface area contributed by atoms with Gasteiger partial charge in [0, 0.05) is 45.6 Å². The molecule has 0 saturated carbocycles. The van der Waals surface area contributed by atoms with Crippen molar-refractivity contribution in [2.75, 3.05) is 13.7 Å². The molecule has 1 atom stereocenters. The first-order valence-corrected chi connectivity index (χ1v) is 12.2. The number of hydrogen-bond donors (Lipinski definition) is 1. The number of fused-ring (bicyclic) bond motifs is 3. The van der Waals surface area contributed by atoms with Crippen molar-refractivity contribution >= 4 is 46.6 Å². The SMILES string of the molecule is COC(=O)CCNC(=O)c1c2n(c(C)cc1=O)-c1ccc(Cl)cc1SC(c1ccsc1)C2. The number of pyridine rings is 1. The number of esters is 1. The number of rotatable bonds is 5. The molecule has 6 nitrogen and oxygen atoms in total. The lowest BCUT2D eigenvalue weighted by atomic mass is 10.0. The fourth-order valence-electron chi connectivity index (χ4n) is 3.82. The van der Waals surface area contributed by atoms with Crippen LogP contribution in [-0.4, -0.2) is 30.1 Å². The Bertz CT molecular complexity index is 1240. The molecule has 0 bridgehead atoms. The van der Waals surface area contributed by atoms with Gasteiger partial charge in [0.05, 0.1) is 19.2 Å². The van der Waals surface area contributed by atoms with Crippen LogP contribution in [0.15, 0.2) is 50.8 Å². The van der Waals surface area contributed by atoms with Gasteiger partial charge in [-0.2, -0.15) is 11.3 Å². The van der Waals surface area contributed by atoms with Crippen molar-refractivity contribution in [1.29, 1.82) is 0 Å². The summed E-state index contributed by atoms with van der Waals surface area (Å²) < 4.78 is 6.59. The molecule has 4 rings (SSSR count). The normalized spacial score (nSPS) is 14.8. The van der Waals surface area contributed by atoms with E-state index in [2.05, 4.69) is 21.5 Å². The first kappa shape index (κ1) is 22.6. The van der Waals surface area contributed by atoms with Crippen LogP contribution in [0.2, 0.25) is 5.02 Å². The van der Waals surface area contributed by atoms with Crippen LogP contribution in [0.4, 0.5) is 0 Å². The van der Waals surface area contributed by atoms with Crippen LogP contribution in [-0.2, 0) is 16.0 Å². The Kier molecular flexibility index (Phi) is 6.74. The summed E-state index contributed by atoms with van der Waals surface area (Å²) in [6.45, 7) is 1.95. The maximum absolute atomic E-state index is 13.1. The van der Waals surface area contributed by atoms with E-state index in [4.69, 9.17) is 11.6 Å². The van der Waals surface area contributed by atoms with Gasteiger partial charge in [0.1, 0.15) is 5.56 Å². The van der Waals surface area contributed by atoms with Gasteiger partial charge in [-0.3, -0.25) is 14.4 Å². The lowest BCUT2D eigenvalue weighted by molar-refractivity contribution is -0.140. The lowest BCUT2D eigenvalue weighted by Crippen LogP contribution is -2.34. The first-order valence-electron chi connectivity index (χ1n) is 9.98. The van der Waals surface area contributed by atoms with Gasteiger partial charge >= 0.3 is 5.97 Å². The zero-order valence-corrected chi connectivity index (χ0v) is 19.9. The van der Waals surface area contributed by atoms with Crippen LogP contribution in [0.5, 0.6) is 0 Å². The maximum atomic E-state index is 13.1. The van der Waals surface area contributed by atoms with E-state index in [0.29, 0.717) is 17.1 Å². The number of benzene rings is 1. The number of hydrogen-bond acceptors (Lipinski definition) is 6. The molecule has 1 aromatic carbocycles. The highest BCUT2D eigenvalue weighted by Gasteiger charge is 2.29. The van der Waals surface area contributed by atoms with E-state index in [1.165, 1.54) is 13.2 Å². The van der Waals surface area contributed by atoms with Crippen molar-refractivity contribution in [2.45, 2.75) is 29.9 Å². The van der Waals surface area contributed by atoms with Gasteiger partial charge < -0.3 is 14.6 Å². The molecule has 0 radical (unpaired) electrons. The molecular formula is C23H21ClN2O4S2. The zero-order valence-electron chi connectivity index (χ0n) is 17.5. The summed E-state index contributed by atoms with van der Waals surface area (Å²) in [7, 11) is 1.29. The van der Waals surface area contributed by atoms with E-state index >= 15 is 0 Å². The van der Waals surface area contributed by atoms with Gasteiger partial charge in [-0.05, 0) is 47.5 Å². The Morgan fingerprint density at radius 2 is 2.09 bits per heavy atom. The number of halogens is 1. The van der Waals surface area contributed by atoms with Gasteiger partial charge in [-0.25, -0.2) is 0 Å². The molecule has 1 amide bonds. The Labute approximate surface area is 198 Å². The highest BCUT2D eigenvalue weighted by molar-refractivity contribution is 7.99. The Morgan fingerprint density at radius 3 is 2.81 bits per heavy atom. The quantitative estimate of drug-likeness (QED) is 0.533. The van der Waals surface area contributed by atoms with Crippen LogP contribution in [0.1, 0.15) is 39.0 Å². The molecule has 32 heavy (non-hydrogen) atoms. The third-order valence-corrected chi connectivity index (χ3v) is 7.53. The molecule has 166 valence electrons. The summed E-state index contributed by atoms with van der Waals surface area (Å²) in [6.07, 6.45) is 0.525. The van der Waals surface area contributed by atoms with E-state index in [1.54, 1.807) is 23.1 Å². The average Bonchev–Trinajstić information content (AvgIpc) is 3.23. The number of thiophene rings is 1. The van der Waals surface area contributed by atoms with Crippen LogP contribution in [0, 0.1) is 6.92 Å². The van der Waals surface area contributed by atoms with E-state index < -0.39 is 11.9 Å². The first-order chi connectivity index (χ1) is 15.4. The lowest BCUT2D eigenvalue weighted by Gasteiger charge is -2.20. The van der Waals surface area contributed by atoms with Crippen LogP contribution >= 0.6 is 34.7 Å². The van der Waals surface area contributed by atoms with E-state index in [-0.39, 0.29) is 29.2 Å². The molecule has 0 spiro atoms. The molecule has 0 aliphatic carbocycles. The molecule has 2 aromatic heterocycles. The zero-order chi connectivity index (χ0) is 22.8. The van der Waals surface area contributed by atoms with Gasteiger partial charge in [0.2, 0.25) is 0 Å². The molecule has 1 unspecified atom stereocenters. The second-order valence-corrected chi connectivity index (χ2v) is 9.83. The second kappa shape index (κ2) is 9.52. The third-order valence-electron chi connectivity index (χ3n) is 5.29. The molecule has 0 saturated heterocycles. The summed E-state index contributed by atoms with van der Waals surface area (Å²) in [6, 6.07) is 9.19. The van der Waals surface area contributed by atoms with E-state index in [1.807, 2.05) is 35.1 Å². The number of nitrogens with zero attached hydrogens (tertiary/aromatic N) is 1. The predicted molar refractivity (Wildman–Crippen MR) is 127 cm³/mol. The number of ether oxygens (including phenoxy) is 1. The predicted octanol–water partition coefficient (Wildman–Crippen LogP) is 4.54. The van der Waals surface area contributed by atoms with Gasteiger partial charge in [-0.1, -0.05) is 11.6 Å². The average molecular weight is 489 g/mol. The minimum absolute atomic E-state index is 0.00929. The summed E-state index contributed by atoms with van der Waals surface area (Å²) in [5.41, 5.74) is 3.17. The molecule has 1 aliphatic rings. The maximum Gasteiger partial charge on any atom is 0.307 e. The fraction of sp³-hybridized carbons (Fsp3) is 0.261. The Morgan fingerprint density at radius 1 is 1.28 bits per heavy atom. The van der Waals surface area contributed by atoms with Crippen LogP contribution in [0.25, 0.3) is 5.69 Å². The number of carbonyl (C=O) groups excluding carboxylic acids is 2. The number of methoxy groups -OCH3 is 1. The Hall–Kier alpha value is -2.55. The second-order valence-electron chi connectivity index (χ2n) is 7.37. The van der Waals surface area contributed by atoms with E-state index in [0.717, 1.165) is 21.8 Å². The topological polar surface area (TPSA) is 77.4 Å². The van der Waals surface area contributed by atoms with Crippen molar-refractivity contribution in [3.63, 3.8) is 0 Å². The molecule has 1 N–H and O–H groups in total. The van der Waals surface area contributed by atoms with E-state index in [9.17, 15) is 14.4 Å². The largest absolute Gasteiger partial charge is 0.469 e. The third kappa shape index (κ3) is 4.48. The van der Waals surface area contributed by atoms with Crippen molar-refractivity contribution < 1.29 is 14.3 Å². The molecule has 1 aliphatic heterocycles. The smallest absolute Gasteiger partial charge is 0.307 e. The number of carbonyl (C=O) groups is 2. The number of aryl methyl sites for hydroxylation is 1. The minimum atomic E-state index is -0.492. The van der Waals surface area contributed by atoms with Gasteiger partial charge in [0.25, 0.3) is 5.91 Å². The summed E-state index contributed by atoms with van der Waals surface area (Å²) in [5.74, 6) is -0.918. The van der Waals surface area contributed by atoms with Crippen molar-refractivity contribution in [3.05, 3.63) is 78.9 Å². The molecule has 3 aromatic rings. The number of amides is 1. The standard InChI is InChI=1S/C23H21ClN2O4S2/c1-13-9-18(27)22(23(29)25-7-5-21(28)30-2)17-11-19(14-6-8-31-12-14)32-20-10-15(24)3-4-16(20)26(13)17/h3-4,6,8-10,12,19H,5,7,11H2,1-2H3,(H,25,29). The Balaban J connectivity index is 1.84. The van der Waals surface area contributed by atoms with Crippen molar-refractivity contribution in [1.82, 2.24) is 9.88 Å². The number of aromatic nitrogens is 1. The molecule has 9 heteroatoms. The summed E-state index contributed by atoms with van der Waals surface area (Å²) >= 11 is 9.58. The highest BCUT2D eigenvalue weighted by atomic mass is 35.5. The summed E-state index contributed by atoms with van der Waals surface area (Å²) in [5, 5.41) is 7.44. The molecule has 0 fully saturated rings. The number of thioether (sulfide) groups is 1. The molecular weight excluding hydrogens is 468 g/mol. The highest BCUT2D eigenvalue weighted by Crippen LogP contribution is 2.45. The summed E-state index contributed by atoms with van der Waals surface area (Å²) in [4.78, 5) is 38.5. The van der Waals surface area contributed by atoms with Gasteiger partial charge in [0.15, 0.2) is 5.43 Å².